The van der Waals surface area contributed by atoms with Crippen molar-refractivity contribution in [2.24, 2.45) is 5.92 Å². The van der Waals surface area contributed by atoms with Crippen LogP contribution in [0.2, 0.25) is 0 Å². The second-order valence-electron chi connectivity index (χ2n) is 4.52. The summed E-state index contributed by atoms with van der Waals surface area (Å²) in [6.45, 7) is 0.614. The van der Waals surface area contributed by atoms with Crippen molar-refractivity contribution < 1.29 is 9.90 Å². The molecule has 0 saturated heterocycles. The summed E-state index contributed by atoms with van der Waals surface area (Å²) >= 11 is 0. The molecule has 1 aromatic heterocycles. The number of carboxylic acids is 1. The van der Waals surface area contributed by atoms with Gasteiger partial charge in [-0.3, -0.25) is 4.68 Å². The van der Waals surface area contributed by atoms with Gasteiger partial charge in [-0.2, -0.15) is 10.4 Å². The van der Waals surface area contributed by atoms with Crippen molar-refractivity contribution in [1.29, 1.82) is 5.26 Å². The van der Waals surface area contributed by atoms with Crippen molar-refractivity contribution in [1.82, 2.24) is 9.78 Å². The molecule has 0 aromatic carbocycles. The Kier molecular flexibility index (Phi) is 3.43. The highest BCUT2D eigenvalue weighted by Crippen LogP contribution is 2.25. The quantitative estimate of drug-likeness (QED) is 0.866. The van der Waals surface area contributed by atoms with Crippen LogP contribution < -0.4 is 0 Å². The van der Waals surface area contributed by atoms with Gasteiger partial charge in [-0.15, -0.1) is 0 Å². The summed E-state index contributed by atoms with van der Waals surface area (Å²) in [6.07, 6.45) is 5.94. The van der Waals surface area contributed by atoms with Gasteiger partial charge in [0.05, 0.1) is 0 Å². The minimum Gasteiger partial charge on any atom is -0.477 e. The molecule has 5 heteroatoms. The Labute approximate surface area is 99.7 Å². The fourth-order valence-corrected chi connectivity index (χ4v) is 2.40. The second-order valence-corrected chi connectivity index (χ2v) is 4.52. The van der Waals surface area contributed by atoms with Crippen molar-refractivity contribution >= 4 is 5.97 Å². The number of carboxylic acid groups (broad SMARTS) is 1. The highest BCUT2D eigenvalue weighted by molar-refractivity contribution is 5.85. The molecular formula is C12H15N3O2. The molecule has 0 aliphatic heterocycles. The van der Waals surface area contributed by atoms with Crippen molar-refractivity contribution in [2.75, 3.05) is 0 Å². The van der Waals surface area contributed by atoms with Crippen LogP contribution in [0.25, 0.3) is 0 Å². The average molecular weight is 233 g/mol. The zero-order valence-electron chi connectivity index (χ0n) is 9.59. The summed E-state index contributed by atoms with van der Waals surface area (Å²) in [5.41, 5.74) is 0.297. The Hall–Kier alpha value is -1.83. The Bertz CT molecular complexity index is 453. The predicted octanol–water partition coefficient (Wildman–Crippen LogP) is 2.03. The molecule has 1 saturated carbocycles. The summed E-state index contributed by atoms with van der Waals surface area (Å²) < 4.78 is 1.47. The van der Waals surface area contributed by atoms with Gasteiger partial charge < -0.3 is 5.11 Å². The molecule has 1 fully saturated rings. The third kappa shape index (κ3) is 2.64. The van der Waals surface area contributed by atoms with E-state index < -0.39 is 5.97 Å². The molecule has 0 unspecified atom stereocenters. The molecule has 1 N–H and O–H groups in total. The highest BCUT2D eigenvalue weighted by atomic mass is 16.4. The van der Waals surface area contributed by atoms with Crippen LogP contribution in [-0.2, 0) is 6.54 Å². The van der Waals surface area contributed by atoms with Crippen molar-refractivity contribution in [3.8, 4) is 6.07 Å². The van der Waals surface area contributed by atoms with Crippen molar-refractivity contribution in [3.05, 3.63) is 17.5 Å². The summed E-state index contributed by atoms with van der Waals surface area (Å²) in [7, 11) is 0. The van der Waals surface area contributed by atoms with E-state index in [1.165, 1.54) is 30.0 Å². The molecular weight excluding hydrogens is 218 g/mol. The number of nitriles is 1. The Balaban J connectivity index is 2.16. The standard InChI is InChI=1S/C12H15N3O2/c13-7-10-6-11(12(16)17)15(14-10)8-9-4-2-1-3-5-9/h6,9H,1-5,8H2,(H,16,17). The summed E-state index contributed by atoms with van der Waals surface area (Å²) in [5, 5.41) is 21.8. The fourth-order valence-electron chi connectivity index (χ4n) is 2.40. The summed E-state index contributed by atoms with van der Waals surface area (Å²) in [5.74, 6) is -0.525. The van der Waals surface area contributed by atoms with E-state index in [2.05, 4.69) is 5.10 Å². The van der Waals surface area contributed by atoms with Gasteiger partial charge in [0.1, 0.15) is 11.8 Å². The lowest BCUT2D eigenvalue weighted by Crippen LogP contribution is -2.18. The van der Waals surface area contributed by atoms with E-state index in [0.717, 1.165) is 12.8 Å². The first-order valence-electron chi connectivity index (χ1n) is 5.92. The lowest BCUT2D eigenvalue weighted by atomic mass is 9.89. The third-order valence-corrected chi connectivity index (χ3v) is 3.27. The van der Waals surface area contributed by atoms with E-state index in [9.17, 15) is 4.79 Å². The molecule has 0 bridgehead atoms. The average Bonchev–Trinajstić information content (AvgIpc) is 2.74. The largest absolute Gasteiger partial charge is 0.477 e. The number of aromatic carboxylic acids is 1. The Morgan fingerprint density at radius 2 is 2.24 bits per heavy atom. The molecule has 1 aliphatic rings. The third-order valence-electron chi connectivity index (χ3n) is 3.27. The number of hydrogen-bond donors (Lipinski definition) is 1. The van der Waals surface area contributed by atoms with E-state index in [-0.39, 0.29) is 11.4 Å². The molecule has 90 valence electrons. The fraction of sp³-hybridized carbons (Fsp3) is 0.583. The van der Waals surface area contributed by atoms with Crippen LogP contribution in [-0.4, -0.2) is 20.9 Å². The minimum atomic E-state index is -1.02. The van der Waals surface area contributed by atoms with E-state index >= 15 is 0 Å². The molecule has 1 heterocycles. The van der Waals surface area contributed by atoms with Gasteiger partial charge >= 0.3 is 5.97 Å². The Morgan fingerprint density at radius 1 is 1.53 bits per heavy atom. The highest BCUT2D eigenvalue weighted by Gasteiger charge is 2.19. The van der Waals surface area contributed by atoms with Crippen LogP contribution in [0.1, 0.15) is 48.3 Å². The molecule has 2 rings (SSSR count). The molecule has 0 atom stereocenters. The molecule has 0 spiro atoms. The van der Waals surface area contributed by atoms with Crippen molar-refractivity contribution in [3.63, 3.8) is 0 Å². The topological polar surface area (TPSA) is 78.9 Å². The monoisotopic (exact) mass is 233 g/mol. The first-order valence-corrected chi connectivity index (χ1v) is 5.92. The number of carbonyl (C=O) groups is 1. The minimum absolute atomic E-state index is 0.118. The maximum atomic E-state index is 11.0. The molecule has 17 heavy (non-hydrogen) atoms. The normalized spacial score (nSPS) is 16.6. The zero-order valence-corrected chi connectivity index (χ0v) is 9.59. The Morgan fingerprint density at radius 3 is 2.82 bits per heavy atom. The van der Waals surface area contributed by atoms with Gasteiger partial charge in [0, 0.05) is 12.6 Å². The summed E-state index contributed by atoms with van der Waals surface area (Å²) in [4.78, 5) is 11.0. The van der Waals surface area contributed by atoms with Gasteiger partial charge in [-0.25, -0.2) is 4.79 Å². The summed E-state index contributed by atoms with van der Waals surface area (Å²) in [6, 6.07) is 3.22. The van der Waals surface area contributed by atoms with E-state index in [4.69, 9.17) is 10.4 Å². The zero-order chi connectivity index (χ0) is 12.3. The first-order chi connectivity index (χ1) is 8.20. The van der Waals surface area contributed by atoms with Crippen molar-refractivity contribution in [2.45, 2.75) is 38.6 Å². The van der Waals surface area contributed by atoms with E-state index in [1.54, 1.807) is 0 Å². The molecule has 5 nitrogen and oxygen atoms in total. The SMILES string of the molecule is N#Cc1cc(C(=O)O)n(CC2CCCCC2)n1. The van der Waals surface area contributed by atoms with E-state index in [1.807, 2.05) is 6.07 Å². The predicted molar refractivity (Wildman–Crippen MR) is 60.5 cm³/mol. The van der Waals surface area contributed by atoms with Crippen LogP contribution in [0, 0.1) is 17.2 Å². The number of rotatable bonds is 3. The molecule has 0 amide bonds. The second kappa shape index (κ2) is 5.00. The van der Waals surface area contributed by atoms with Gasteiger partial charge in [-0.1, -0.05) is 19.3 Å². The maximum Gasteiger partial charge on any atom is 0.354 e. The number of aromatic nitrogens is 2. The number of hydrogen-bond acceptors (Lipinski definition) is 3. The number of nitrogens with zero attached hydrogens (tertiary/aromatic N) is 3. The first kappa shape index (κ1) is 11.6. The lowest BCUT2D eigenvalue weighted by molar-refractivity contribution is 0.0681. The smallest absolute Gasteiger partial charge is 0.354 e. The molecule has 0 radical (unpaired) electrons. The van der Waals surface area contributed by atoms with Crippen LogP contribution in [0.4, 0.5) is 0 Å². The molecule has 1 aromatic rings. The van der Waals surface area contributed by atoms with Crippen LogP contribution in [0.15, 0.2) is 6.07 Å². The lowest BCUT2D eigenvalue weighted by Gasteiger charge is -2.21. The van der Waals surface area contributed by atoms with Crippen LogP contribution in [0.3, 0.4) is 0 Å². The van der Waals surface area contributed by atoms with Gasteiger partial charge in [-0.05, 0) is 18.8 Å². The van der Waals surface area contributed by atoms with Gasteiger partial charge in [0.15, 0.2) is 5.69 Å². The maximum absolute atomic E-state index is 11.0. The van der Waals surface area contributed by atoms with Crippen LogP contribution in [0.5, 0.6) is 0 Å². The molecule has 1 aliphatic carbocycles. The van der Waals surface area contributed by atoms with Gasteiger partial charge in [0.2, 0.25) is 0 Å². The van der Waals surface area contributed by atoms with E-state index in [0.29, 0.717) is 12.5 Å². The van der Waals surface area contributed by atoms with Gasteiger partial charge in [0.25, 0.3) is 0 Å². The van der Waals surface area contributed by atoms with Crippen LogP contribution >= 0.6 is 0 Å².